The Kier molecular flexibility index (Phi) is 4.18. The molecule has 2 aromatic rings. The molecular weight excluding hydrogens is 255 g/mol. The molecule has 0 saturated carbocycles. The van der Waals surface area contributed by atoms with E-state index in [4.69, 9.17) is 5.11 Å². The van der Waals surface area contributed by atoms with Crippen LogP contribution in [0.5, 0.6) is 0 Å². The zero-order valence-electron chi connectivity index (χ0n) is 11.6. The minimum atomic E-state index is -0.845. The number of rotatable bonds is 4. The Hall–Kier alpha value is -2.16. The lowest BCUT2D eigenvalue weighted by Gasteiger charge is -2.09. The summed E-state index contributed by atoms with van der Waals surface area (Å²) in [6, 6.07) is 10.6. The Balaban J connectivity index is 2.36. The normalized spacial score (nSPS) is 10.6. The molecule has 0 atom stereocenters. The predicted molar refractivity (Wildman–Crippen MR) is 77.3 cm³/mol. The van der Waals surface area contributed by atoms with Crippen molar-refractivity contribution in [2.45, 2.75) is 26.7 Å². The molecule has 0 saturated heterocycles. The summed E-state index contributed by atoms with van der Waals surface area (Å²) >= 11 is 0. The van der Waals surface area contributed by atoms with Crippen LogP contribution in [0.2, 0.25) is 0 Å². The minimum Gasteiger partial charge on any atom is -0.481 e. The summed E-state index contributed by atoms with van der Waals surface area (Å²) in [5.74, 6) is -1.13. The second-order valence-electron chi connectivity index (χ2n) is 5.01. The molecule has 20 heavy (non-hydrogen) atoms. The van der Waals surface area contributed by atoms with Crippen LogP contribution in [-0.4, -0.2) is 11.1 Å². The van der Waals surface area contributed by atoms with Gasteiger partial charge in [0.15, 0.2) is 0 Å². The lowest BCUT2D eigenvalue weighted by atomic mass is 9.97. The molecule has 0 radical (unpaired) electrons. The first-order valence-corrected chi connectivity index (χ1v) is 6.55. The van der Waals surface area contributed by atoms with Crippen molar-refractivity contribution < 1.29 is 14.3 Å². The van der Waals surface area contributed by atoms with Gasteiger partial charge in [-0.05, 0) is 54.7 Å². The van der Waals surface area contributed by atoms with Crippen LogP contribution in [-0.2, 0) is 11.2 Å². The number of hydrogen-bond acceptors (Lipinski definition) is 1. The minimum absolute atomic E-state index is 0.0536. The van der Waals surface area contributed by atoms with Crippen LogP contribution in [0.15, 0.2) is 36.4 Å². The summed E-state index contributed by atoms with van der Waals surface area (Å²) < 4.78 is 14.0. The molecule has 0 fully saturated rings. The molecule has 104 valence electrons. The maximum Gasteiger partial charge on any atom is 0.303 e. The molecule has 0 aliphatic carbocycles. The molecule has 1 N–H and O–H groups in total. The van der Waals surface area contributed by atoms with E-state index in [9.17, 15) is 9.18 Å². The molecule has 0 unspecified atom stereocenters. The Labute approximate surface area is 117 Å². The Morgan fingerprint density at radius 2 is 1.85 bits per heavy atom. The van der Waals surface area contributed by atoms with Crippen molar-refractivity contribution in [2.24, 2.45) is 0 Å². The molecule has 0 amide bonds. The number of benzene rings is 2. The van der Waals surface area contributed by atoms with E-state index in [1.54, 1.807) is 12.1 Å². The number of halogens is 1. The Morgan fingerprint density at radius 3 is 2.50 bits per heavy atom. The van der Waals surface area contributed by atoms with Gasteiger partial charge in [0.25, 0.3) is 0 Å². The highest BCUT2D eigenvalue weighted by Crippen LogP contribution is 2.26. The fourth-order valence-corrected chi connectivity index (χ4v) is 2.11. The lowest BCUT2D eigenvalue weighted by molar-refractivity contribution is -0.136. The van der Waals surface area contributed by atoms with Gasteiger partial charge in [0, 0.05) is 12.0 Å². The SMILES string of the molecule is Cc1ccc(-c2cc(CCC(=O)O)ccc2F)cc1C. The van der Waals surface area contributed by atoms with Gasteiger partial charge in [0.2, 0.25) is 0 Å². The number of aliphatic carboxylic acids is 1. The van der Waals surface area contributed by atoms with Crippen LogP contribution in [0.3, 0.4) is 0 Å². The molecule has 0 aromatic heterocycles. The fraction of sp³-hybridized carbons (Fsp3) is 0.235. The van der Waals surface area contributed by atoms with Gasteiger partial charge in [-0.3, -0.25) is 4.79 Å². The summed E-state index contributed by atoms with van der Waals surface area (Å²) in [6.45, 7) is 4.00. The topological polar surface area (TPSA) is 37.3 Å². The Bertz CT molecular complexity index is 647. The summed E-state index contributed by atoms with van der Waals surface area (Å²) in [7, 11) is 0. The van der Waals surface area contributed by atoms with Crippen molar-refractivity contribution in [3.63, 3.8) is 0 Å². The van der Waals surface area contributed by atoms with Crippen LogP contribution in [0.4, 0.5) is 4.39 Å². The lowest BCUT2D eigenvalue weighted by Crippen LogP contribution is -1.98. The van der Waals surface area contributed by atoms with E-state index in [1.807, 2.05) is 32.0 Å². The number of aryl methyl sites for hydroxylation is 3. The van der Waals surface area contributed by atoms with Gasteiger partial charge in [-0.1, -0.05) is 24.3 Å². The van der Waals surface area contributed by atoms with E-state index >= 15 is 0 Å². The fourth-order valence-electron chi connectivity index (χ4n) is 2.11. The standard InChI is InChI=1S/C17H17FO2/c1-11-3-6-14(9-12(11)2)15-10-13(4-7-16(15)18)5-8-17(19)20/h3-4,6-7,9-10H,5,8H2,1-2H3,(H,19,20). The third-order valence-corrected chi connectivity index (χ3v) is 3.48. The van der Waals surface area contributed by atoms with Crippen molar-refractivity contribution >= 4 is 5.97 Å². The second-order valence-corrected chi connectivity index (χ2v) is 5.01. The van der Waals surface area contributed by atoms with Crippen LogP contribution < -0.4 is 0 Å². The molecule has 2 rings (SSSR count). The number of carboxylic acid groups (broad SMARTS) is 1. The highest BCUT2D eigenvalue weighted by atomic mass is 19.1. The second kappa shape index (κ2) is 5.87. The largest absolute Gasteiger partial charge is 0.481 e. The summed E-state index contributed by atoms with van der Waals surface area (Å²) in [6.07, 6.45) is 0.464. The molecule has 0 heterocycles. The van der Waals surface area contributed by atoms with Gasteiger partial charge in [-0.25, -0.2) is 4.39 Å². The molecule has 0 spiro atoms. The number of hydrogen-bond donors (Lipinski definition) is 1. The predicted octanol–water partition coefficient (Wildman–Crippen LogP) is 4.13. The monoisotopic (exact) mass is 272 g/mol. The van der Waals surface area contributed by atoms with E-state index in [0.717, 1.165) is 22.3 Å². The first-order chi connectivity index (χ1) is 9.47. The van der Waals surface area contributed by atoms with E-state index < -0.39 is 5.97 Å². The maximum absolute atomic E-state index is 14.0. The highest BCUT2D eigenvalue weighted by molar-refractivity contribution is 5.68. The summed E-state index contributed by atoms with van der Waals surface area (Å²) in [4.78, 5) is 10.6. The van der Waals surface area contributed by atoms with E-state index in [0.29, 0.717) is 12.0 Å². The van der Waals surface area contributed by atoms with Crippen LogP contribution in [0.1, 0.15) is 23.1 Å². The maximum atomic E-state index is 14.0. The van der Waals surface area contributed by atoms with Gasteiger partial charge in [-0.15, -0.1) is 0 Å². The molecule has 0 bridgehead atoms. The van der Waals surface area contributed by atoms with Crippen LogP contribution in [0.25, 0.3) is 11.1 Å². The highest BCUT2D eigenvalue weighted by Gasteiger charge is 2.08. The molecule has 2 aromatic carbocycles. The van der Waals surface area contributed by atoms with Crippen molar-refractivity contribution in [2.75, 3.05) is 0 Å². The van der Waals surface area contributed by atoms with Gasteiger partial charge in [-0.2, -0.15) is 0 Å². The molecule has 2 nitrogen and oxygen atoms in total. The number of carbonyl (C=O) groups is 1. The average molecular weight is 272 g/mol. The number of carboxylic acids is 1. The Morgan fingerprint density at radius 1 is 1.10 bits per heavy atom. The average Bonchev–Trinajstić information content (AvgIpc) is 2.41. The van der Waals surface area contributed by atoms with Gasteiger partial charge in [0.1, 0.15) is 5.82 Å². The van der Waals surface area contributed by atoms with Crippen LogP contribution in [0, 0.1) is 19.7 Å². The molecule has 0 aliphatic heterocycles. The van der Waals surface area contributed by atoms with Gasteiger partial charge in [0.05, 0.1) is 0 Å². The first-order valence-electron chi connectivity index (χ1n) is 6.55. The van der Waals surface area contributed by atoms with Crippen molar-refractivity contribution in [3.8, 4) is 11.1 Å². The van der Waals surface area contributed by atoms with E-state index in [2.05, 4.69) is 0 Å². The van der Waals surface area contributed by atoms with E-state index in [-0.39, 0.29) is 12.2 Å². The quantitative estimate of drug-likeness (QED) is 0.908. The third-order valence-electron chi connectivity index (χ3n) is 3.48. The van der Waals surface area contributed by atoms with Crippen molar-refractivity contribution in [1.82, 2.24) is 0 Å². The summed E-state index contributed by atoms with van der Waals surface area (Å²) in [5.41, 5.74) is 4.45. The molecule has 3 heteroatoms. The zero-order chi connectivity index (χ0) is 14.7. The smallest absolute Gasteiger partial charge is 0.303 e. The van der Waals surface area contributed by atoms with Gasteiger partial charge < -0.3 is 5.11 Å². The molecule has 0 aliphatic rings. The first kappa shape index (κ1) is 14.3. The van der Waals surface area contributed by atoms with Crippen LogP contribution >= 0.6 is 0 Å². The third kappa shape index (κ3) is 3.23. The van der Waals surface area contributed by atoms with E-state index in [1.165, 1.54) is 6.07 Å². The van der Waals surface area contributed by atoms with Crippen molar-refractivity contribution in [3.05, 3.63) is 58.9 Å². The van der Waals surface area contributed by atoms with Gasteiger partial charge >= 0.3 is 5.97 Å². The zero-order valence-corrected chi connectivity index (χ0v) is 11.6. The summed E-state index contributed by atoms with van der Waals surface area (Å²) in [5, 5.41) is 8.71. The van der Waals surface area contributed by atoms with Crippen molar-refractivity contribution in [1.29, 1.82) is 0 Å². The molecular formula is C17H17FO2.